The lowest BCUT2D eigenvalue weighted by Gasteiger charge is -2.28. The molecule has 0 saturated carbocycles. The first-order valence-corrected chi connectivity index (χ1v) is 12.9. The zero-order valence-corrected chi connectivity index (χ0v) is 22.1. The molecule has 2 aromatic carbocycles. The Balaban J connectivity index is 1.46. The van der Waals surface area contributed by atoms with Gasteiger partial charge in [-0.1, -0.05) is 36.4 Å². The Labute approximate surface area is 223 Å². The molecule has 4 aromatic rings. The van der Waals surface area contributed by atoms with Crippen molar-refractivity contribution < 1.29 is 4.79 Å². The van der Waals surface area contributed by atoms with Crippen LogP contribution >= 0.6 is 12.2 Å². The first kappa shape index (κ1) is 24.7. The summed E-state index contributed by atoms with van der Waals surface area (Å²) in [5, 5.41) is 7.15. The number of anilines is 1. The van der Waals surface area contributed by atoms with Gasteiger partial charge in [0.1, 0.15) is 0 Å². The lowest BCUT2D eigenvalue weighted by atomic mass is 9.96. The molecule has 1 saturated heterocycles. The fourth-order valence-electron chi connectivity index (χ4n) is 5.21. The van der Waals surface area contributed by atoms with Gasteiger partial charge in [-0.2, -0.15) is 0 Å². The molecule has 2 atom stereocenters. The highest BCUT2D eigenvalue weighted by Crippen LogP contribution is 2.41. The summed E-state index contributed by atoms with van der Waals surface area (Å²) in [5.74, 6) is -0.0387. The van der Waals surface area contributed by atoms with Crippen LogP contribution in [0.4, 0.5) is 5.69 Å². The summed E-state index contributed by atoms with van der Waals surface area (Å²) in [6, 6.07) is 26.1. The van der Waals surface area contributed by atoms with E-state index in [4.69, 9.17) is 12.2 Å². The van der Waals surface area contributed by atoms with E-state index < -0.39 is 0 Å². The third-order valence-corrected chi connectivity index (χ3v) is 7.24. The average Bonchev–Trinajstić information content (AvgIpc) is 3.38. The van der Waals surface area contributed by atoms with E-state index in [1.807, 2.05) is 61.7 Å². The summed E-state index contributed by atoms with van der Waals surface area (Å²) in [5.41, 5.74) is 7.42. The number of aryl methyl sites for hydroxylation is 2. The third-order valence-electron chi connectivity index (χ3n) is 6.88. The minimum absolute atomic E-state index is 0.0387. The van der Waals surface area contributed by atoms with Crippen LogP contribution in [0.2, 0.25) is 0 Å². The number of para-hydroxylation sites is 1. The minimum atomic E-state index is -0.127. The highest BCUT2D eigenvalue weighted by Gasteiger charge is 2.41. The largest absolute Gasteiger partial charge is 0.352 e. The Kier molecular flexibility index (Phi) is 7.06. The van der Waals surface area contributed by atoms with Gasteiger partial charge in [0.2, 0.25) is 5.91 Å². The molecule has 1 aliphatic rings. The van der Waals surface area contributed by atoms with Crippen molar-refractivity contribution in [3.63, 3.8) is 0 Å². The maximum atomic E-state index is 12.9. The second-order valence-corrected chi connectivity index (χ2v) is 9.87. The molecule has 0 aliphatic carbocycles. The van der Waals surface area contributed by atoms with Gasteiger partial charge in [0.05, 0.1) is 17.8 Å². The zero-order chi connectivity index (χ0) is 25.9. The number of rotatable bonds is 7. The van der Waals surface area contributed by atoms with E-state index in [2.05, 4.69) is 69.3 Å². The monoisotopic (exact) mass is 509 g/mol. The van der Waals surface area contributed by atoms with Gasteiger partial charge < -0.3 is 20.1 Å². The van der Waals surface area contributed by atoms with Crippen LogP contribution in [0.5, 0.6) is 0 Å². The van der Waals surface area contributed by atoms with Gasteiger partial charge in [-0.05, 0) is 86.6 Å². The van der Waals surface area contributed by atoms with E-state index in [-0.39, 0.29) is 18.0 Å². The Morgan fingerprint density at radius 3 is 2.51 bits per heavy atom. The van der Waals surface area contributed by atoms with Crippen LogP contribution in [0.1, 0.15) is 46.7 Å². The number of aromatic nitrogens is 2. The predicted molar refractivity (Wildman–Crippen MR) is 152 cm³/mol. The van der Waals surface area contributed by atoms with Crippen molar-refractivity contribution >= 4 is 28.9 Å². The van der Waals surface area contributed by atoms with Crippen LogP contribution in [0.3, 0.4) is 0 Å². The molecule has 3 heterocycles. The van der Waals surface area contributed by atoms with E-state index in [1.165, 1.54) is 5.56 Å². The number of benzene rings is 2. The van der Waals surface area contributed by atoms with Crippen molar-refractivity contribution in [3.8, 4) is 5.69 Å². The predicted octanol–water partition coefficient (Wildman–Crippen LogP) is 5.80. The van der Waals surface area contributed by atoms with E-state index in [1.54, 1.807) is 0 Å². The number of nitrogens with zero attached hydrogens (tertiary/aromatic N) is 3. The van der Waals surface area contributed by atoms with Gasteiger partial charge in [0.25, 0.3) is 0 Å². The molecule has 2 N–H and O–H groups in total. The number of nitrogens with one attached hydrogen (secondary N) is 2. The minimum Gasteiger partial charge on any atom is -0.352 e. The molecular formula is C30H31N5OS. The van der Waals surface area contributed by atoms with Crippen LogP contribution in [0.15, 0.2) is 85.1 Å². The van der Waals surface area contributed by atoms with Gasteiger partial charge >= 0.3 is 0 Å². The molecular weight excluding hydrogens is 478 g/mol. The Morgan fingerprint density at radius 2 is 1.78 bits per heavy atom. The fraction of sp³-hybridized carbons (Fsp3) is 0.233. The molecule has 0 unspecified atom stereocenters. The van der Waals surface area contributed by atoms with Crippen LogP contribution in [-0.4, -0.2) is 32.0 Å². The van der Waals surface area contributed by atoms with E-state index in [0.717, 1.165) is 34.0 Å². The molecule has 6 nitrogen and oxygen atoms in total. The Bertz CT molecular complexity index is 1420. The lowest BCUT2D eigenvalue weighted by molar-refractivity contribution is -0.116. The molecule has 0 bridgehead atoms. The molecule has 37 heavy (non-hydrogen) atoms. The molecule has 5 rings (SSSR count). The molecule has 1 fully saturated rings. The summed E-state index contributed by atoms with van der Waals surface area (Å²) >= 11 is 5.82. The highest BCUT2D eigenvalue weighted by molar-refractivity contribution is 7.80. The van der Waals surface area contributed by atoms with Crippen LogP contribution < -0.4 is 10.6 Å². The second-order valence-electron chi connectivity index (χ2n) is 9.49. The Hall–Kier alpha value is -3.97. The van der Waals surface area contributed by atoms with Crippen molar-refractivity contribution in [1.29, 1.82) is 0 Å². The molecule has 0 radical (unpaired) electrons. The van der Waals surface area contributed by atoms with E-state index >= 15 is 0 Å². The summed E-state index contributed by atoms with van der Waals surface area (Å²) in [7, 11) is 0. The maximum Gasteiger partial charge on any atom is 0.226 e. The molecule has 1 aliphatic heterocycles. The molecule has 2 aromatic heterocycles. The Morgan fingerprint density at radius 1 is 1.00 bits per heavy atom. The first-order chi connectivity index (χ1) is 17.9. The number of hydrogen-bond acceptors (Lipinski definition) is 3. The molecule has 0 spiro atoms. The number of thiocarbonyl (C=S) groups is 1. The summed E-state index contributed by atoms with van der Waals surface area (Å²) < 4.78 is 2.27. The number of pyridine rings is 1. The SMILES string of the molecule is Cc1cccc(NC(=O)CCN2C(=S)N[C@@H](c3ccccn3)[C@@H]2c2cc(C)n(-c3ccccc3)c2C)c1. The quantitative estimate of drug-likeness (QED) is 0.309. The summed E-state index contributed by atoms with van der Waals surface area (Å²) in [6.07, 6.45) is 2.13. The van der Waals surface area contributed by atoms with Crippen molar-refractivity contribution in [2.75, 3.05) is 11.9 Å². The van der Waals surface area contributed by atoms with Gasteiger partial charge in [-0.15, -0.1) is 0 Å². The number of carbonyl (C=O) groups is 1. The van der Waals surface area contributed by atoms with E-state index in [0.29, 0.717) is 18.1 Å². The number of carbonyl (C=O) groups excluding carboxylic acids is 1. The fourth-order valence-corrected chi connectivity index (χ4v) is 5.55. The van der Waals surface area contributed by atoms with Crippen LogP contribution in [0.25, 0.3) is 5.69 Å². The van der Waals surface area contributed by atoms with Gasteiger partial charge in [0.15, 0.2) is 5.11 Å². The zero-order valence-electron chi connectivity index (χ0n) is 21.3. The second kappa shape index (κ2) is 10.6. The third kappa shape index (κ3) is 5.13. The number of amides is 1. The molecule has 188 valence electrons. The van der Waals surface area contributed by atoms with Gasteiger partial charge in [0, 0.05) is 41.9 Å². The smallest absolute Gasteiger partial charge is 0.226 e. The van der Waals surface area contributed by atoms with E-state index in [9.17, 15) is 4.79 Å². The van der Waals surface area contributed by atoms with Gasteiger partial charge in [-0.3, -0.25) is 9.78 Å². The molecule has 1 amide bonds. The first-order valence-electron chi connectivity index (χ1n) is 12.5. The maximum absolute atomic E-state index is 12.9. The summed E-state index contributed by atoms with van der Waals surface area (Å²) in [6.45, 7) is 6.78. The van der Waals surface area contributed by atoms with Crippen molar-refractivity contribution in [2.24, 2.45) is 0 Å². The van der Waals surface area contributed by atoms with Crippen molar-refractivity contribution in [3.05, 3.63) is 113 Å². The number of hydrogen-bond donors (Lipinski definition) is 2. The van der Waals surface area contributed by atoms with Crippen molar-refractivity contribution in [2.45, 2.75) is 39.3 Å². The molecule has 7 heteroatoms. The average molecular weight is 510 g/mol. The van der Waals surface area contributed by atoms with Crippen LogP contribution in [0, 0.1) is 20.8 Å². The standard InChI is InChI=1S/C30H31N5OS/c1-20-10-9-11-23(18-20)32-27(36)15-17-34-29(28(33-30(34)37)26-14-7-8-16-31-26)25-19-21(2)35(22(25)3)24-12-5-4-6-13-24/h4-14,16,18-19,28-29H,15,17H2,1-3H3,(H,32,36)(H,33,37)/t28-,29-/m0/s1. The summed E-state index contributed by atoms with van der Waals surface area (Å²) in [4.78, 5) is 19.7. The lowest BCUT2D eigenvalue weighted by Crippen LogP contribution is -2.32. The van der Waals surface area contributed by atoms with Crippen molar-refractivity contribution in [1.82, 2.24) is 19.8 Å². The van der Waals surface area contributed by atoms with Gasteiger partial charge in [-0.25, -0.2) is 0 Å². The van der Waals surface area contributed by atoms with Crippen LogP contribution in [-0.2, 0) is 4.79 Å². The highest BCUT2D eigenvalue weighted by atomic mass is 32.1. The normalized spacial score (nSPS) is 17.1. The topological polar surface area (TPSA) is 62.2 Å².